The molecule has 1 atom stereocenters. The van der Waals surface area contributed by atoms with Crippen molar-refractivity contribution in [3.8, 4) is 6.07 Å². The molecule has 0 aliphatic heterocycles. The summed E-state index contributed by atoms with van der Waals surface area (Å²) in [4.78, 5) is 11.1. The number of ketones is 1. The van der Waals surface area contributed by atoms with Crippen LogP contribution in [0, 0.1) is 17.2 Å². The lowest BCUT2D eigenvalue weighted by Gasteiger charge is -2.34. The van der Waals surface area contributed by atoms with Gasteiger partial charge in [0.25, 0.3) is 0 Å². The van der Waals surface area contributed by atoms with E-state index in [9.17, 15) is 52.7 Å². The lowest BCUT2D eigenvalue weighted by molar-refractivity contribution is -0.396. The molecule has 1 aliphatic rings. The molecule has 0 bridgehead atoms. The zero-order valence-corrected chi connectivity index (χ0v) is 14.7. The maximum absolute atomic E-state index is 13.5. The van der Waals surface area contributed by atoms with Crippen LogP contribution in [0.5, 0.6) is 0 Å². The summed E-state index contributed by atoms with van der Waals surface area (Å²) in [5.74, 6) is -23.2. The summed E-state index contributed by atoms with van der Waals surface area (Å²) in [6.45, 7) is 0. The molecule has 1 fully saturated rings. The molecule has 0 spiro atoms. The number of hydrogen-bond donors (Lipinski definition) is 0. The van der Waals surface area contributed by atoms with Crippen molar-refractivity contribution in [2.75, 3.05) is 5.75 Å². The van der Waals surface area contributed by atoms with Crippen molar-refractivity contribution < 1.29 is 52.7 Å². The van der Waals surface area contributed by atoms with Crippen molar-refractivity contribution in [2.45, 2.75) is 61.3 Å². The van der Waals surface area contributed by atoms with E-state index in [1.165, 1.54) is 6.07 Å². The van der Waals surface area contributed by atoms with Crippen LogP contribution >= 0.6 is 0 Å². The number of Topliss-reactive ketones (excluding diaryl/α,β-unsaturated/α-hetero) is 1. The Balaban J connectivity index is 3.01. The van der Waals surface area contributed by atoms with Crippen LogP contribution in [0.3, 0.4) is 0 Å². The molecule has 14 heteroatoms. The minimum Gasteiger partial charge on any atom is -0.300 e. The number of alkyl halides is 9. The van der Waals surface area contributed by atoms with Crippen molar-refractivity contribution in [1.82, 2.24) is 0 Å². The van der Waals surface area contributed by atoms with E-state index in [1.807, 2.05) is 0 Å². The highest BCUT2D eigenvalue weighted by Crippen LogP contribution is 2.54. The van der Waals surface area contributed by atoms with Gasteiger partial charge in [-0.1, -0.05) is 0 Å². The summed E-state index contributed by atoms with van der Waals surface area (Å²) in [5.41, 5.74) is 0. The Kier molecular flexibility index (Phi) is 6.76. The predicted molar refractivity (Wildman–Crippen MR) is 75.7 cm³/mol. The zero-order valence-electron chi connectivity index (χ0n) is 13.9. The van der Waals surface area contributed by atoms with E-state index in [0.717, 1.165) is 0 Å². The molecular weight excluding hydrogens is 433 g/mol. The Morgan fingerprint density at radius 2 is 1.43 bits per heavy atom. The first-order valence-corrected chi connectivity index (χ1v) is 9.45. The average molecular weight is 447 g/mol. The van der Waals surface area contributed by atoms with Gasteiger partial charge in [0.1, 0.15) is 5.78 Å². The van der Waals surface area contributed by atoms with E-state index in [2.05, 4.69) is 0 Å². The second kappa shape index (κ2) is 7.72. The highest BCUT2D eigenvalue weighted by atomic mass is 32.2. The maximum Gasteiger partial charge on any atom is 0.460 e. The first kappa shape index (κ1) is 24.5. The maximum atomic E-state index is 13.5. The van der Waals surface area contributed by atoms with E-state index in [1.54, 1.807) is 0 Å². The summed E-state index contributed by atoms with van der Waals surface area (Å²) in [7, 11) is -4.88. The van der Waals surface area contributed by atoms with Crippen LogP contribution < -0.4 is 0 Å². The van der Waals surface area contributed by atoms with Gasteiger partial charge in [0.2, 0.25) is 0 Å². The first-order chi connectivity index (χ1) is 12.4. The number of carbonyl (C=O) groups excluding carboxylic acids is 1. The summed E-state index contributed by atoms with van der Waals surface area (Å²) < 4.78 is 139. The van der Waals surface area contributed by atoms with E-state index >= 15 is 0 Å². The molecule has 162 valence electrons. The van der Waals surface area contributed by atoms with E-state index in [-0.39, 0.29) is 31.5 Å². The molecule has 0 saturated heterocycles. The molecule has 4 nitrogen and oxygen atoms in total. The molecule has 1 saturated carbocycles. The number of halogens is 9. The normalized spacial score (nSPS) is 19.4. The Labute approximate surface area is 153 Å². The van der Waals surface area contributed by atoms with Crippen LogP contribution in [0.1, 0.15) is 32.1 Å². The lowest BCUT2D eigenvalue weighted by Crippen LogP contribution is -2.61. The summed E-state index contributed by atoms with van der Waals surface area (Å²) in [5, 5.41) is 7.01. The Bertz CT molecular complexity index is 730. The molecule has 0 aromatic carbocycles. The fraction of sp³-hybridized carbons (Fsp3) is 0.857. The molecule has 0 heterocycles. The SMILES string of the molecule is N#CC(C1CCC(=O)CC1)S(=O)(=O)CCC(F)(F)C(F)(F)C(F)(F)C(F)(F)F. The van der Waals surface area contributed by atoms with Crippen molar-refractivity contribution in [3.05, 3.63) is 0 Å². The number of nitriles is 1. The third-order valence-electron chi connectivity index (χ3n) is 4.44. The smallest absolute Gasteiger partial charge is 0.300 e. The van der Waals surface area contributed by atoms with Crippen LogP contribution in [0.2, 0.25) is 0 Å². The number of hydrogen-bond acceptors (Lipinski definition) is 4. The lowest BCUT2D eigenvalue weighted by atomic mass is 9.86. The van der Waals surface area contributed by atoms with Crippen molar-refractivity contribution in [3.63, 3.8) is 0 Å². The standard InChI is InChI=1S/C14H14F9NO3S/c15-11(16,12(17,18)13(19,20)14(21,22)23)5-6-28(26,27)10(7-24)8-1-3-9(25)4-2-8/h8,10H,1-6H2. The van der Waals surface area contributed by atoms with Gasteiger partial charge >= 0.3 is 23.9 Å². The number of rotatable bonds is 7. The van der Waals surface area contributed by atoms with Crippen LogP contribution in [0.25, 0.3) is 0 Å². The topological polar surface area (TPSA) is 75.0 Å². The second-order valence-electron chi connectivity index (χ2n) is 6.39. The van der Waals surface area contributed by atoms with Gasteiger partial charge in [-0.05, 0) is 18.8 Å². The zero-order chi connectivity index (χ0) is 22.2. The third kappa shape index (κ3) is 4.55. The van der Waals surface area contributed by atoms with Gasteiger partial charge in [0, 0.05) is 19.3 Å². The average Bonchev–Trinajstić information content (AvgIpc) is 2.54. The molecule has 28 heavy (non-hydrogen) atoms. The van der Waals surface area contributed by atoms with Crippen molar-refractivity contribution in [2.24, 2.45) is 5.92 Å². The highest BCUT2D eigenvalue weighted by molar-refractivity contribution is 7.92. The minimum absolute atomic E-state index is 0.0883. The molecule has 0 aromatic rings. The van der Waals surface area contributed by atoms with Crippen molar-refractivity contribution in [1.29, 1.82) is 5.26 Å². The van der Waals surface area contributed by atoms with Gasteiger partial charge in [0.05, 0.1) is 11.8 Å². The Hall–Kier alpha value is -1.52. The van der Waals surface area contributed by atoms with Gasteiger partial charge in [-0.3, -0.25) is 4.79 Å². The molecule has 1 rings (SSSR count). The van der Waals surface area contributed by atoms with Gasteiger partial charge in [-0.15, -0.1) is 0 Å². The fourth-order valence-electron chi connectivity index (χ4n) is 2.71. The summed E-state index contributed by atoms with van der Waals surface area (Å²) in [6.07, 6.45) is -9.90. The van der Waals surface area contributed by atoms with Gasteiger partial charge < -0.3 is 0 Å². The van der Waals surface area contributed by atoms with E-state index in [4.69, 9.17) is 5.26 Å². The molecule has 1 aliphatic carbocycles. The van der Waals surface area contributed by atoms with E-state index < -0.39 is 57.1 Å². The third-order valence-corrected chi connectivity index (χ3v) is 6.48. The highest BCUT2D eigenvalue weighted by Gasteiger charge is 2.81. The van der Waals surface area contributed by atoms with Crippen LogP contribution in [0.4, 0.5) is 39.5 Å². The largest absolute Gasteiger partial charge is 0.460 e. The molecule has 0 radical (unpaired) electrons. The van der Waals surface area contributed by atoms with Crippen LogP contribution in [0.15, 0.2) is 0 Å². The van der Waals surface area contributed by atoms with Crippen molar-refractivity contribution >= 4 is 15.6 Å². The van der Waals surface area contributed by atoms with E-state index in [0.29, 0.717) is 0 Å². The second-order valence-corrected chi connectivity index (χ2v) is 8.64. The summed E-state index contributed by atoms with van der Waals surface area (Å²) >= 11 is 0. The first-order valence-electron chi connectivity index (χ1n) is 7.74. The quantitative estimate of drug-likeness (QED) is 0.555. The Morgan fingerprint density at radius 1 is 0.964 bits per heavy atom. The van der Waals surface area contributed by atoms with Gasteiger partial charge in [-0.2, -0.15) is 44.8 Å². The number of nitrogens with zero attached hydrogens (tertiary/aromatic N) is 1. The van der Waals surface area contributed by atoms with Gasteiger partial charge in [-0.25, -0.2) is 8.42 Å². The van der Waals surface area contributed by atoms with Crippen LogP contribution in [-0.2, 0) is 14.6 Å². The fourth-order valence-corrected chi connectivity index (χ4v) is 4.52. The predicted octanol–water partition coefficient (Wildman–Crippen LogP) is 3.91. The molecular formula is C14H14F9NO3S. The molecule has 0 amide bonds. The minimum atomic E-state index is -7.11. The molecule has 1 unspecified atom stereocenters. The monoisotopic (exact) mass is 447 g/mol. The number of carbonyl (C=O) groups is 1. The molecule has 0 N–H and O–H groups in total. The Morgan fingerprint density at radius 3 is 1.82 bits per heavy atom. The number of sulfone groups is 1. The summed E-state index contributed by atoms with van der Waals surface area (Å²) in [6, 6.07) is 1.30. The molecule has 0 aromatic heterocycles. The van der Waals surface area contributed by atoms with Gasteiger partial charge in [0.15, 0.2) is 15.1 Å². The van der Waals surface area contributed by atoms with Crippen LogP contribution in [-0.4, -0.2) is 49.1 Å².